The number of thiazole rings is 1. The predicted octanol–water partition coefficient (Wildman–Crippen LogP) is 2.83. The summed E-state index contributed by atoms with van der Waals surface area (Å²) in [6, 6.07) is 8.60. The van der Waals surface area contributed by atoms with Gasteiger partial charge in [-0.05, 0) is 42.5 Å². The Kier molecular flexibility index (Phi) is 4.70. The summed E-state index contributed by atoms with van der Waals surface area (Å²) in [4.78, 5) is 29.8. The van der Waals surface area contributed by atoms with Crippen LogP contribution < -0.4 is 5.69 Å². The molecule has 142 valence electrons. The molecule has 0 aliphatic rings. The SMILES string of the molecule is Cc1cc(C(=O)Cn2nnn(-c3ccccc3Cl)c2=O)c(C)n1-c1nccs1. The number of benzene rings is 1. The van der Waals surface area contributed by atoms with E-state index in [1.54, 1.807) is 36.5 Å². The van der Waals surface area contributed by atoms with E-state index in [1.807, 2.05) is 23.8 Å². The summed E-state index contributed by atoms with van der Waals surface area (Å²) in [7, 11) is 0. The number of hydrogen-bond donors (Lipinski definition) is 0. The minimum Gasteiger partial charge on any atom is -0.294 e. The summed E-state index contributed by atoms with van der Waals surface area (Å²) in [5, 5.41) is 10.7. The molecule has 4 rings (SSSR count). The quantitative estimate of drug-likeness (QED) is 0.468. The Hall–Kier alpha value is -3.04. The molecule has 0 N–H and O–H groups in total. The lowest BCUT2D eigenvalue weighted by Gasteiger charge is -2.05. The number of nitrogens with zero attached hydrogens (tertiary/aromatic N) is 6. The maximum absolute atomic E-state index is 12.8. The maximum Gasteiger partial charge on any atom is 0.368 e. The Morgan fingerprint density at radius 3 is 2.71 bits per heavy atom. The van der Waals surface area contributed by atoms with Crippen LogP contribution in [0.4, 0.5) is 0 Å². The molecule has 8 nitrogen and oxygen atoms in total. The largest absolute Gasteiger partial charge is 0.368 e. The summed E-state index contributed by atoms with van der Waals surface area (Å²) >= 11 is 7.61. The average molecular weight is 415 g/mol. The van der Waals surface area contributed by atoms with Crippen molar-refractivity contribution in [2.24, 2.45) is 0 Å². The lowest BCUT2D eigenvalue weighted by atomic mass is 10.1. The molecule has 0 saturated carbocycles. The van der Waals surface area contributed by atoms with Gasteiger partial charge < -0.3 is 0 Å². The Bertz CT molecular complexity index is 1220. The number of carbonyl (C=O) groups is 1. The molecular weight excluding hydrogens is 400 g/mol. The Morgan fingerprint density at radius 2 is 2.00 bits per heavy atom. The lowest BCUT2D eigenvalue weighted by molar-refractivity contribution is 0.0965. The third kappa shape index (κ3) is 3.08. The van der Waals surface area contributed by atoms with Crippen LogP contribution in [0.1, 0.15) is 21.7 Å². The number of hydrogen-bond acceptors (Lipinski definition) is 6. The monoisotopic (exact) mass is 414 g/mol. The minimum atomic E-state index is -0.532. The first-order valence-electron chi connectivity index (χ1n) is 8.37. The van der Waals surface area contributed by atoms with Gasteiger partial charge in [-0.15, -0.1) is 11.3 Å². The number of tetrazole rings is 1. The van der Waals surface area contributed by atoms with Gasteiger partial charge in [-0.1, -0.05) is 23.7 Å². The molecule has 4 aromatic rings. The van der Waals surface area contributed by atoms with Crippen molar-refractivity contribution < 1.29 is 4.79 Å². The highest BCUT2D eigenvalue weighted by atomic mass is 35.5. The summed E-state index contributed by atoms with van der Waals surface area (Å²) in [5.74, 6) is -0.232. The Labute approximate surface area is 168 Å². The van der Waals surface area contributed by atoms with E-state index in [-0.39, 0.29) is 12.3 Å². The molecule has 0 aliphatic carbocycles. The molecule has 0 aliphatic heterocycles. The van der Waals surface area contributed by atoms with Crippen LogP contribution in [-0.2, 0) is 6.54 Å². The van der Waals surface area contributed by atoms with Crippen LogP contribution in [0.2, 0.25) is 5.02 Å². The fourth-order valence-corrected chi connectivity index (χ4v) is 4.00. The first-order valence-corrected chi connectivity index (χ1v) is 9.63. The molecule has 0 amide bonds. The molecule has 0 bridgehead atoms. The second-order valence-electron chi connectivity index (χ2n) is 6.14. The van der Waals surface area contributed by atoms with Crippen molar-refractivity contribution in [2.45, 2.75) is 20.4 Å². The highest BCUT2D eigenvalue weighted by Crippen LogP contribution is 2.23. The molecule has 0 radical (unpaired) electrons. The number of para-hydroxylation sites is 1. The fraction of sp³-hybridized carbons (Fsp3) is 0.167. The van der Waals surface area contributed by atoms with Gasteiger partial charge in [0.05, 0.1) is 10.7 Å². The first-order chi connectivity index (χ1) is 13.5. The van der Waals surface area contributed by atoms with Crippen LogP contribution in [-0.4, -0.2) is 35.1 Å². The Morgan fingerprint density at radius 1 is 1.21 bits per heavy atom. The zero-order valence-electron chi connectivity index (χ0n) is 15.0. The van der Waals surface area contributed by atoms with Gasteiger partial charge in [-0.2, -0.15) is 9.36 Å². The molecule has 3 aromatic heterocycles. The number of rotatable bonds is 5. The van der Waals surface area contributed by atoms with E-state index in [0.717, 1.165) is 25.9 Å². The van der Waals surface area contributed by atoms with E-state index >= 15 is 0 Å². The summed E-state index contributed by atoms with van der Waals surface area (Å²) < 4.78 is 4.02. The van der Waals surface area contributed by atoms with Crippen molar-refractivity contribution in [3.63, 3.8) is 0 Å². The van der Waals surface area contributed by atoms with Crippen LogP contribution in [0.25, 0.3) is 10.8 Å². The smallest absolute Gasteiger partial charge is 0.294 e. The van der Waals surface area contributed by atoms with Gasteiger partial charge in [-0.25, -0.2) is 9.78 Å². The zero-order valence-corrected chi connectivity index (χ0v) is 16.6. The molecule has 0 atom stereocenters. The number of aryl methyl sites for hydroxylation is 1. The molecule has 10 heteroatoms. The van der Waals surface area contributed by atoms with Gasteiger partial charge in [0.2, 0.25) is 0 Å². The second kappa shape index (κ2) is 7.17. The molecule has 28 heavy (non-hydrogen) atoms. The van der Waals surface area contributed by atoms with Crippen molar-refractivity contribution in [1.29, 1.82) is 0 Å². The van der Waals surface area contributed by atoms with Gasteiger partial charge >= 0.3 is 5.69 Å². The molecule has 0 saturated heterocycles. The highest BCUT2D eigenvalue weighted by Gasteiger charge is 2.20. The lowest BCUT2D eigenvalue weighted by Crippen LogP contribution is -2.27. The zero-order chi connectivity index (χ0) is 19.8. The van der Waals surface area contributed by atoms with Gasteiger partial charge in [-0.3, -0.25) is 9.36 Å². The molecule has 1 aromatic carbocycles. The molecule has 3 heterocycles. The number of carbonyl (C=O) groups excluding carboxylic acids is 1. The van der Waals surface area contributed by atoms with Crippen LogP contribution in [0.3, 0.4) is 0 Å². The van der Waals surface area contributed by atoms with Crippen LogP contribution in [0.5, 0.6) is 0 Å². The predicted molar refractivity (Wildman–Crippen MR) is 106 cm³/mol. The van der Waals surface area contributed by atoms with Gasteiger partial charge in [0.1, 0.15) is 6.54 Å². The third-order valence-corrected chi connectivity index (χ3v) is 5.43. The van der Waals surface area contributed by atoms with E-state index < -0.39 is 5.69 Å². The van der Waals surface area contributed by atoms with Gasteiger partial charge in [0, 0.05) is 28.5 Å². The van der Waals surface area contributed by atoms with Crippen LogP contribution in [0.15, 0.2) is 46.7 Å². The topological polar surface area (TPSA) is 87.6 Å². The minimum absolute atomic E-state index is 0.217. The summed E-state index contributed by atoms with van der Waals surface area (Å²) in [6.45, 7) is 3.54. The van der Waals surface area contributed by atoms with Gasteiger partial charge in [0.15, 0.2) is 10.9 Å². The number of halogens is 1. The summed E-state index contributed by atoms with van der Waals surface area (Å²) in [5.41, 5.74) is 2.06. The normalized spacial score (nSPS) is 11.1. The number of ketones is 1. The van der Waals surface area contributed by atoms with Crippen molar-refractivity contribution in [3.8, 4) is 10.8 Å². The van der Waals surface area contributed by atoms with Crippen molar-refractivity contribution in [3.05, 3.63) is 74.4 Å². The fourth-order valence-electron chi connectivity index (χ4n) is 3.04. The third-order valence-electron chi connectivity index (χ3n) is 4.36. The van der Waals surface area contributed by atoms with E-state index in [9.17, 15) is 9.59 Å². The highest BCUT2D eigenvalue weighted by molar-refractivity contribution is 7.12. The van der Waals surface area contributed by atoms with E-state index in [1.165, 1.54) is 11.3 Å². The van der Waals surface area contributed by atoms with Crippen molar-refractivity contribution in [1.82, 2.24) is 29.3 Å². The van der Waals surface area contributed by atoms with E-state index in [4.69, 9.17) is 11.6 Å². The number of aromatic nitrogens is 6. The van der Waals surface area contributed by atoms with Gasteiger partial charge in [0.25, 0.3) is 0 Å². The maximum atomic E-state index is 12.8. The van der Waals surface area contributed by atoms with Crippen LogP contribution >= 0.6 is 22.9 Å². The molecule has 0 spiro atoms. The van der Waals surface area contributed by atoms with E-state index in [0.29, 0.717) is 16.3 Å². The Balaban J connectivity index is 1.65. The van der Waals surface area contributed by atoms with Crippen LogP contribution in [0, 0.1) is 13.8 Å². The standard InChI is InChI=1S/C18H15ClN6O2S/c1-11-9-13(12(2)24(11)17-20-7-8-28-17)16(26)10-23-18(27)25(22-21-23)15-6-4-3-5-14(15)19/h3-9H,10H2,1-2H3. The van der Waals surface area contributed by atoms with Crippen molar-refractivity contribution in [2.75, 3.05) is 0 Å². The number of Topliss-reactive ketones (excluding diaryl/α,β-unsaturated/α-hetero) is 1. The van der Waals surface area contributed by atoms with E-state index in [2.05, 4.69) is 15.4 Å². The average Bonchev–Trinajstić information content (AvgIpc) is 3.37. The molecular formula is C18H15ClN6O2S. The van der Waals surface area contributed by atoms with Crippen molar-refractivity contribution >= 4 is 28.7 Å². The molecule has 0 unspecified atom stereocenters. The first kappa shape index (κ1) is 18.3. The second-order valence-corrected chi connectivity index (χ2v) is 7.42. The summed E-state index contributed by atoms with van der Waals surface area (Å²) in [6.07, 6.45) is 1.72. The molecule has 0 fully saturated rings.